The van der Waals surface area contributed by atoms with Gasteiger partial charge in [-0.15, -0.1) is 11.3 Å². The zero-order chi connectivity index (χ0) is 14.1. The van der Waals surface area contributed by atoms with E-state index in [1.807, 2.05) is 29.8 Å². The van der Waals surface area contributed by atoms with Gasteiger partial charge in [-0.3, -0.25) is 4.98 Å². The average molecular weight is 349 g/mol. The van der Waals surface area contributed by atoms with E-state index in [2.05, 4.69) is 38.1 Å². The second kappa shape index (κ2) is 5.38. The summed E-state index contributed by atoms with van der Waals surface area (Å²) in [7, 11) is 0. The Bertz CT molecular complexity index is 742. The molecule has 3 N–H and O–H groups in total. The Labute approximate surface area is 129 Å². The second-order valence-corrected chi connectivity index (χ2v) is 6.33. The third kappa shape index (κ3) is 2.48. The van der Waals surface area contributed by atoms with Gasteiger partial charge in [0, 0.05) is 33.3 Å². The molecule has 102 valence electrons. The normalized spacial score (nSPS) is 12.5. The third-order valence-corrected chi connectivity index (χ3v) is 4.44. The van der Waals surface area contributed by atoms with E-state index in [0.717, 1.165) is 31.8 Å². The minimum absolute atomic E-state index is 0.132. The number of thiazole rings is 1. The van der Waals surface area contributed by atoms with Gasteiger partial charge in [0.2, 0.25) is 0 Å². The number of rotatable bonds is 3. The molecule has 6 heteroatoms. The van der Waals surface area contributed by atoms with E-state index >= 15 is 0 Å². The summed E-state index contributed by atoms with van der Waals surface area (Å²) in [5.74, 6) is 0. The lowest BCUT2D eigenvalue weighted by Crippen LogP contribution is -2.07. The number of nitrogen functional groups attached to an aromatic ring is 1. The summed E-state index contributed by atoms with van der Waals surface area (Å²) in [6, 6.07) is 5.97. The summed E-state index contributed by atoms with van der Waals surface area (Å²) in [5.41, 5.74) is 8.58. The highest BCUT2D eigenvalue weighted by Gasteiger charge is 2.11. The van der Waals surface area contributed by atoms with Gasteiger partial charge >= 0.3 is 0 Å². The van der Waals surface area contributed by atoms with Crippen molar-refractivity contribution < 1.29 is 0 Å². The largest absolute Gasteiger partial charge is 0.398 e. The van der Waals surface area contributed by atoms with Crippen LogP contribution in [0.2, 0.25) is 0 Å². The molecule has 0 aliphatic rings. The fourth-order valence-corrected chi connectivity index (χ4v) is 3.05. The molecule has 0 radical (unpaired) electrons. The first-order valence-corrected chi connectivity index (χ1v) is 7.82. The number of nitrogens with two attached hydrogens (primary N) is 1. The molecule has 0 bridgehead atoms. The van der Waals surface area contributed by atoms with Crippen molar-refractivity contribution in [3.05, 3.63) is 45.5 Å². The molecule has 1 aromatic carbocycles. The summed E-state index contributed by atoms with van der Waals surface area (Å²) in [5, 5.41) is 7.41. The molecule has 20 heavy (non-hydrogen) atoms. The van der Waals surface area contributed by atoms with Crippen molar-refractivity contribution in [1.82, 2.24) is 9.97 Å². The Hall–Kier alpha value is -1.66. The topological polar surface area (TPSA) is 63.8 Å². The number of hydrogen-bond donors (Lipinski definition) is 2. The Kier molecular flexibility index (Phi) is 3.58. The van der Waals surface area contributed by atoms with E-state index in [0.29, 0.717) is 0 Å². The molecule has 0 aliphatic carbocycles. The van der Waals surface area contributed by atoms with Crippen molar-refractivity contribution in [1.29, 1.82) is 0 Å². The lowest BCUT2D eigenvalue weighted by Gasteiger charge is -2.15. The molecule has 0 amide bonds. The summed E-state index contributed by atoms with van der Waals surface area (Å²) >= 11 is 5.06. The standard InChI is InChI=1S/C14H13BrN4S/c1-8(14-17-4-5-20-14)19-12-3-2-11(16)10-6-9(15)7-18-13(10)12/h2-8,19H,16H2,1H3. The Morgan fingerprint density at radius 1 is 1.35 bits per heavy atom. The van der Waals surface area contributed by atoms with E-state index < -0.39 is 0 Å². The van der Waals surface area contributed by atoms with Crippen molar-refractivity contribution in [2.75, 3.05) is 11.1 Å². The molecule has 0 saturated carbocycles. The van der Waals surface area contributed by atoms with Gasteiger partial charge in [0.1, 0.15) is 5.01 Å². The lowest BCUT2D eigenvalue weighted by atomic mass is 10.1. The molecule has 1 atom stereocenters. The van der Waals surface area contributed by atoms with Crippen LogP contribution in [0.5, 0.6) is 0 Å². The Morgan fingerprint density at radius 2 is 2.20 bits per heavy atom. The number of pyridine rings is 1. The van der Waals surface area contributed by atoms with E-state index in [-0.39, 0.29) is 6.04 Å². The summed E-state index contributed by atoms with van der Waals surface area (Å²) in [6.07, 6.45) is 3.59. The molecule has 0 spiro atoms. The minimum atomic E-state index is 0.132. The first-order chi connectivity index (χ1) is 9.65. The van der Waals surface area contributed by atoms with E-state index in [1.54, 1.807) is 17.5 Å². The molecule has 4 nitrogen and oxygen atoms in total. The molecule has 2 aromatic heterocycles. The van der Waals surface area contributed by atoms with Crippen LogP contribution in [0.1, 0.15) is 18.0 Å². The number of anilines is 2. The van der Waals surface area contributed by atoms with Crippen LogP contribution in [0.4, 0.5) is 11.4 Å². The number of nitrogens with one attached hydrogen (secondary N) is 1. The van der Waals surface area contributed by atoms with Gasteiger partial charge < -0.3 is 11.1 Å². The van der Waals surface area contributed by atoms with Crippen LogP contribution in [-0.2, 0) is 0 Å². The van der Waals surface area contributed by atoms with Gasteiger partial charge in [0.25, 0.3) is 0 Å². The third-order valence-electron chi connectivity index (χ3n) is 3.04. The zero-order valence-corrected chi connectivity index (χ0v) is 13.2. The van der Waals surface area contributed by atoms with Crippen LogP contribution in [0.3, 0.4) is 0 Å². The Balaban J connectivity index is 2.02. The highest BCUT2D eigenvalue weighted by Crippen LogP contribution is 2.31. The lowest BCUT2D eigenvalue weighted by molar-refractivity contribution is 0.871. The maximum atomic E-state index is 6.02. The van der Waals surface area contributed by atoms with Gasteiger partial charge in [-0.1, -0.05) is 0 Å². The van der Waals surface area contributed by atoms with Gasteiger partial charge in [-0.05, 0) is 41.1 Å². The van der Waals surface area contributed by atoms with Crippen LogP contribution in [-0.4, -0.2) is 9.97 Å². The summed E-state index contributed by atoms with van der Waals surface area (Å²) in [6.45, 7) is 2.08. The van der Waals surface area contributed by atoms with Crippen LogP contribution in [0, 0.1) is 0 Å². The van der Waals surface area contributed by atoms with Gasteiger partial charge in [-0.2, -0.15) is 0 Å². The SMILES string of the molecule is CC(Nc1ccc(N)c2cc(Br)cnc12)c1nccs1. The monoisotopic (exact) mass is 348 g/mol. The van der Waals surface area contributed by atoms with Crippen molar-refractivity contribution in [2.24, 2.45) is 0 Å². The predicted octanol–water partition coefficient (Wildman–Crippen LogP) is 4.21. The molecule has 2 heterocycles. The minimum Gasteiger partial charge on any atom is -0.398 e. The summed E-state index contributed by atoms with van der Waals surface area (Å²) < 4.78 is 0.918. The smallest absolute Gasteiger partial charge is 0.115 e. The summed E-state index contributed by atoms with van der Waals surface area (Å²) in [4.78, 5) is 8.80. The number of nitrogens with zero attached hydrogens (tertiary/aromatic N) is 2. The molecule has 0 saturated heterocycles. The highest BCUT2D eigenvalue weighted by atomic mass is 79.9. The second-order valence-electron chi connectivity index (χ2n) is 4.49. The van der Waals surface area contributed by atoms with E-state index in [4.69, 9.17) is 5.73 Å². The van der Waals surface area contributed by atoms with Crippen LogP contribution in [0.15, 0.2) is 40.4 Å². The fraction of sp³-hybridized carbons (Fsp3) is 0.143. The molecule has 3 aromatic rings. The number of aromatic nitrogens is 2. The van der Waals surface area contributed by atoms with Crippen LogP contribution in [0.25, 0.3) is 10.9 Å². The number of halogens is 1. The van der Waals surface area contributed by atoms with Gasteiger partial charge in [-0.25, -0.2) is 4.98 Å². The van der Waals surface area contributed by atoms with Crippen molar-refractivity contribution in [2.45, 2.75) is 13.0 Å². The number of fused-ring (bicyclic) bond motifs is 1. The number of benzene rings is 1. The molecule has 0 aliphatic heterocycles. The average Bonchev–Trinajstić information content (AvgIpc) is 2.96. The molecule has 3 rings (SSSR count). The molecular formula is C14H13BrN4S. The van der Waals surface area contributed by atoms with Crippen LogP contribution < -0.4 is 11.1 Å². The first-order valence-electron chi connectivity index (χ1n) is 6.15. The molecular weight excluding hydrogens is 336 g/mol. The molecule has 0 fully saturated rings. The van der Waals surface area contributed by atoms with Crippen molar-refractivity contribution in [3.63, 3.8) is 0 Å². The zero-order valence-electron chi connectivity index (χ0n) is 10.8. The quantitative estimate of drug-likeness (QED) is 0.696. The first kappa shape index (κ1) is 13.3. The Morgan fingerprint density at radius 3 is 2.95 bits per heavy atom. The number of hydrogen-bond acceptors (Lipinski definition) is 5. The van der Waals surface area contributed by atoms with Crippen molar-refractivity contribution >= 4 is 49.5 Å². The molecule has 1 unspecified atom stereocenters. The fourth-order valence-electron chi connectivity index (χ4n) is 2.08. The van der Waals surface area contributed by atoms with Crippen LogP contribution >= 0.6 is 27.3 Å². The van der Waals surface area contributed by atoms with E-state index in [1.165, 1.54) is 0 Å². The van der Waals surface area contributed by atoms with Crippen molar-refractivity contribution in [3.8, 4) is 0 Å². The highest BCUT2D eigenvalue weighted by molar-refractivity contribution is 9.10. The predicted molar refractivity (Wildman–Crippen MR) is 88.0 cm³/mol. The maximum Gasteiger partial charge on any atom is 0.115 e. The van der Waals surface area contributed by atoms with E-state index in [9.17, 15) is 0 Å². The van der Waals surface area contributed by atoms with Gasteiger partial charge in [0.05, 0.1) is 17.2 Å². The maximum absolute atomic E-state index is 6.02. The van der Waals surface area contributed by atoms with Gasteiger partial charge in [0.15, 0.2) is 0 Å².